The third-order valence-corrected chi connectivity index (χ3v) is 5.39. The van der Waals surface area contributed by atoms with Gasteiger partial charge in [0.25, 0.3) is 5.91 Å². The summed E-state index contributed by atoms with van der Waals surface area (Å²) in [6.07, 6.45) is 2.67. The van der Waals surface area contributed by atoms with E-state index in [1.54, 1.807) is 17.0 Å². The lowest BCUT2D eigenvalue weighted by molar-refractivity contribution is -0.117. The van der Waals surface area contributed by atoms with Gasteiger partial charge in [0.15, 0.2) is 0 Å². The molecule has 3 amide bonds. The van der Waals surface area contributed by atoms with Gasteiger partial charge in [-0.05, 0) is 61.2 Å². The number of aryl methyl sites for hydroxylation is 1. The number of rotatable bonds is 4. The zero-order valence-electron chi connectivity index (χ0n) is 15.8. The summed E-state index contributed by atoms with van der Waals surface area (Å²) in [6, 6.07) is 12.9. The number of hydrogen-bond acceptors (Lipinski definition) is 3. The minimum Gasteiger partial charge on any atom is -0.346 e. The third-order valence-electron chi connectivity index (χ3n) is 5.39. The highest BCUT2D eigenvalue weighted by Gasteiger charge is 2.22. The topological polar surface area (TPSA) is 78.5 Å². The van der Waals surface area contributed by atoms with Crippen LogP contribution in [-0.4, -0.2) is 24.3 Å². The van der Waals surface area contributed by atoms with E-state index in [9.17, 15) is 14.4 Å². The highest BCUT2D eigenvalue weighted by Crippen LogP contribution is 2.26. The first-order chi connectivity index (χ1) is 13.5. The fourth-order valence-electron chi connectivity index (χ4n) is 3.75. The van der Waals surface area contributed by atoms with Crippen molar-refractivity contribution in [3.63, 3.8) is 0 Å². The second-order valence-corrected chi connectivity index (χ2v) is 7.36. The molecule has 0 aromatic heterocycles. The van der Waals surface area contributed by atoms with E-state index in [0.717, 1.165) is 35.5 Å². The van der Waals surface area contributed by atoms with Gasteiger partial charge in [-0.15, -0.1) is 0 Å². The molecule has 1 atom stereocenters. The Morgan fingerprint density at radius 2 is 1.86 bits per heavy atom. The molecule has 0 bridgehead atoms. The fourth-order valence-corrected chi connectivity index (χ4v) is 3.75. The molecule has 2 N–H and O–H groups in total. The largest absolute Gasteiger partial charge is 0.346 e. The van der Waals surface area contributed by atoms with Crippen molar-refractivity contribution < 1.29 is 14.4 Å². The first-order valence-electron chi connectivity index (χ1n) is 9.65. The fraction of sp³-hybridized carbons (Fsp3) is 0.318. The molecule has 2 aliphatic rings. The van der Waals surface area contributed by atoms with Gasteiger partial charge < -0.3 is 15.5 Å². The molecule has 4 rings (SSSR count). The lowest BCUT2D eigenvalue weighted by Crippen LogP contribution is -2.27. The van der Waals surface area contributed by atoms with Gasteiger partial charge in [0, 0.05) is 36.3 Å². The Morgan fingerprint density at radius 1 is 1.07 bits per heavy atom. The van der Waals surface area contributed by atoms with Crippen LogP contribution in [0.25, 0.3) is 0 Å². The Labute approximate surface area is 163 Å². The van der Waals surface area contributed by atoms with Crippen LogP contribution in [0.3, 0.4) is 0 Å². The SMILES string of the molecule is CC(NC(=O)c1ccc(N2CCCC2=O)cc1)c1ccc2c(c1)CCC(=O)N2. The summed E-state index contributed by atoms with van der Waals surface area (Å²) in [5.74, 6) is 0.0212. The summed E-state index contributed by atoms with van der Waals surface area (Å²) in [5, 5.41) is 5.89. The lowest BCUT2D eigenvalue weighted by Gasteiger charge is -2.20. The van der Waals surface area contributed by atoms with Crippen molar-refractivity contribution in [1.82, 2.24) is 5.32 Å². The van der Waals surface area contributed by atoms with Crippen LogP contribution in [0.4, 0.5) is 11.4 Å². The molecule has 1 fully saturated rings. The van der Waals surface area contributed by atoms with Gasteiger partial charge in [0.05, 0.1) is 6.04 Å². The average Bonchev–Trinajstić information content (AvgIpc) is 3.13. The predicted octanol–water partition coefficient (Wildman–Crippen LogP) is 3.19. The van der Waals surface area contributed by atoms with Crippen molar-refractivity contribution in [2.45, 2.75) is 38.6 Å². The molecule has 6 nitrogen and oxygen atoms in total. The van der Waals surface area contributed by atoms with Gasteiger partial charge in [-0.1, -0.05) is 12.1 Å². The first kappa shape index (κ1) is 18.2. The highest BCUT2D eigenvalue weighted by atomic mass is 16.2. The molecular weight excluding hydrogens is 354 g/mol. The molecule has 2 aromatic rings. The molecule has 0 radical (unpaired) electrons. The molecule has 2 aliphatic heterocycles. The molecule has 1 saturated heterocycles. The summed E-state index contributed by atoms with van der Waals surface area (Å²) in [7, 11) is 0. The lowest BCUT2D eigenvalue weighted by atomic mass is 9.97. The van der Waals surface area contributed by atoms with Crippen molar-refractivity contribution >= 4 is 29.1 Å². The molecule has 2 heterocycles. The molecule has 0 aliphatic carbocycles. The second-order valence-electron chi connectivity index (χ2n) is 7.36. The van der Waals surface area contributed by atoms with Gasteiger partial charge in [-0.3, -0.25) is 14.4 Å². The number of nitrogens with one attached hydrogen (secondary N) is 2. The number of carbonyl (C=O) groups is 3. The van der Waals surface area contributed by atoms with Crippen molar-refractivity contribution in [2.75, 3.05) is 16.8 Å². The molecule has 0 saturated carbocycles. The summed E-state index contributed by atoms with van der Waals surface area (Å²) in [4.78, 5) is 37.7. The summed E-state index contributed by atoms with van der Waals surface area (Å²) in [5.41, 5.74) is 4.35. The maximum atomic E-state index is 12.6. The van der Waals surface area contributed by atoms with E-state index >= 15 is 0 Å². The van der Waals surface area contributed by atoms with Crippen LogP contribution in [0.1, 0.15) is 53.7 Å². The molecule has 144 valence electrons. The highest BCUT2D eigenvalue weighted by molar-refractivity contribution is 5.98. The molecule has 28 heavy (non-hydrogen) atoms. The number of carbonyl (C=O) groups excluding carboxylic acids is 3. The zero-order valence-corrected chi connectivity index (χ0v) is 15.8. The van der Waals surface area contributed by atoms with Crippen LogP contribution >= 0.6 is 0 Å². The average molecular weight is 377 g/mol. The summed E-state index contributed by atoms with van der Waals surface area (Å²) in [6.45, 7) is 2.68. The van der Waals surface area contributed by atoms with Crippen LogP contribution in [-0.2, 0) is 16.0 Å². The minimum absolute atomic E-state index is 0.0423. The number of hydrogen-bond donors (Lipinski definition) is 2. The molecule has 0 spiro atoms. The van der Waals surface area contributed by atoms with Crippen LogP contribution < -0.4 is 15.5 Å². The zero-order chi connectivity index (χ0) is 19.7. The van der Waals surface area contributed by atoms with E-state index in [1.807, 2.05) is 37.3 Å². The third kappa shape index (κ3) is 3.63. The standard InChI is InChI=1S/C22H23N3O3/c1-14(16-6-10-19-17(13-16)7-11-20(26)24-19)23-22(28)15-4-8-18(9-5-15)25-12-2-3-21(25)27/h4-6,8-10,13-14H,2-3,7,11-12H2,1H3,(H,23,28)(H,24,26). The van der Waals surface area contributed by atoms with Gasteiger partial charge in [-0.2, -0.15) is 0 Å². The van der Waals surface area contributed by atoms with Crippen LogP contribution in [0.5, 0.6) is 0 Å². The Bertz CT molecular complexity index is 937. The normalized spacial score (nSPS) is 17.1. The van der Waals surface area contributed by atoms with Crippen LogP contribution in [0.15, 0.2) is 42.5 Å². The Hall–Kier alpha value is -3.15. The van der Waals surface area contributed by atoms with Crippen LogP contribution in [0, 0.1) is 0 Å². The summed E-state index contributed by atoms with van der Waals surface area (Å²) >= 11 is 0. The number of amides is 3. The minimum atomic E-state index is -0.157. The van der Waals surface area contributed by atoms with Gasteiger partial charge in [0.1, 0.15) is 0 Å². The number of anilines is 2. The second kappa shape index (κ2) is 7.46. The number of benzene rings is 2. The van der Waals surface area contributed by atoms with E-state index in [1.165, 1.54) is 0 Å². The number of nitrogens with zero attached hydrogens (tertiary/aromatic N) is 1. The number of fused-ring (bicyclic) bond motifs is 1. The Balaban J connectivity index is 1.43. The van der Waals surface area contributed by atoms with Gasteiger partial charge >= 0.3 is 0 Å². The summed E-state index contributed by atoms with van der Waals surface area (Å²) < 4.78 is 0. The Morgan fingerprint density at radius 3 is 2.57 bits per heavy atom. The van der Waals surface area contributed by atoms with Gasteiger partial charge in [-0.25, -0.2) is 0 Å². The van der Waals surface area contributed by atoms with E-state index < -0.39 is 0 Å². The molecular formula is C22H23N3O3. The first-order valence-corrected chi connectivity index (χ1v) is 9.65. The Kier molecular flexibility index (Phi) is 4.86. The predicted molar refractivity (Wildman–Crippen MR) is 107 cm³/mol. The quantitative estimate of drug-likeness (QED) is 0.859. The maximum absolute atomic E-state index is 12.6. The van der Waals surface area contributed by atoms with E-state index in [4.69, 9.17) is 0 Å². The van der Waals surface area contributed by atoms with Crippen molar-refractivity contribution in [3.05, 3.63) is 59.2 Å². The van der Waals surface area contributed by atoms with Crippen molar-refractivity contribution in [1.29, 1.82) is 0 Å². The maximum Gasteiger partial charge on any atom is 0.251 e. The smallest absolute Gasteiger partial charge is 0.251 e. The van der Waals surface area contributed by atoms with E-state index in [-0.39, 0.29) is 23.8 Å². The molecule has 2 aromatic carbocycles. The van der Waals surface area contributed by atoms with Crippen molar-refractivity contribution in [3.8, 4) is 0 Å². The van der Waals surface area contributed by atoms with Gasteiger partial charge in [0.2, 0.25) is 11.8 Å². The van der Waals surface area contributed by atoms with E-state index in [2.05, 4.69) is 10.6 Å². The monoisotopic (exact) mass is 377 g/mol. The van der Waals surface area contributed by atoms with Crippen LogP contribution in [0.2, 0.25) is 0 Å². The molecule has 1 unspecified atom stereocenters. The van der Waals surface area contributed by atoms with Crippen molar-refractivity contribution in [2.24, 2.45) is 0 Å². The molecule has 6 heteroatoms. The van der Waals surface area contributed by atoms with E-state index in [0.29, 0.717) is 24.8 Å².